The van der Waals surface area contributed by atoms with E-state index >= 15 is 0 Å². The molecule has 1 fully saturated rings. The first-order chi connectivity index (χ1) is 8.47. The Morgan fingerprint density at radius 1 is 1.61 bits per heavy atom. The van der Waals surface area contributed by atoms with Crippen LogP contribution in [0.2, 0.25) is 0 Å². The number of halogens is 3. The van der Waals surface area contributed by atoms with Gasteiger partial charge in [0.25, 0.3) is 0 Å². The largest absolute Gasteiger partial charge is 0.443 e. The van der Waals surface area contributed by atoms with E-state index in [0.29, 0.717) is 24.5 Å². The molecule has 4 nitrogen and oxygen atoms in total. The van der Waals surface area contributed by atoms with Gasteiger partial charge in [0.15, 0.2) is 10.8 Å². The van der Waals surface area contributed by atoms with Gasteiger partial charge in [-0.15, -0.1) is 11.3 Å². The van der Waals surface area contributed by atoms with Gasteiger partial charge in [0.1, 0.15) is 0 Å². The van der Waals surface area contributed by atoms with Crippen molar-refractivity contribution in [2.24, 2.45) is 0 Å². The van der Waals surface area contributed by atoms with Crippen LogP contribution in [0.15, 0.2) is 6.20 Å². The van der Waals surface area contributed by atoms with E-state index in [1.165, 1.54) is 0 Å². The average molecular weight is 280 g/mol. The van der Waals surface area contributed by atoms with Gasteiger partial charge < -0.3 is 10.1 Å². The van der Waals surface area contributed by atoms with Crippen molar-refractivity contribution in [2.45, 2.75) is 18.7 Å². The molecule has 1 aliphatic rings. The summed E-state index contributed by atoms with van der Waals surface area (Å²) < 4.78 is 42.3. The summed E-state index contributed by atoms with van der Waals surface area (Å²) in [7, 11) is 0. The number of thiazole rings is 1. The Labute approximate surface area is 105 Å². The molecule has 0 radical (unpaired) electrons. The summed E-state index contributed by atoms with van der Waals surface area (Å²) in [6, 6.07) is 0. The number of aromatic nitrogens is 1. The van der Waals surface area contributed by atoms with Gasteiger partial charge in [-0.1, -0.05) is 0 Å². The number of carbonyl (C=O) groups excluding carboxylic acids is 1. The number of rotatable bonds is 3. The first kappa shape index (κ1) is 13.4. The highest BCUT2D eigenvalue weighted by Gasteiger charge is 2.35. The van der Waals surface area contributed by atoms with Crippen LogP contribution < -0.4 is 5.32 Å². The molecule has 0 spiro atoms. The number of alkyl halides is 3. The standard InChI is InChI=1S/C10H11F3N2O2S/c11-10(12,13)9-15-5-8(18-9)7(16)3-6-4-14-1-2-17-6/h5-6,14H,1-4H2. The van der Waals surface area contributed by atoms with Crippen molar-refractivity contribution in [3.05, 3.63) is 16.1 Å². The van der Waals surface area contributed by atoms with Gasteiger partial charge in [-0.3, -0.25) is 4.79 Å². The minimum absolute atomic E-state index is 0.0245. The van der Waals surface area contributed by atoms with Crippen LogP contribution in [-0.2, 0) is 10.9 Å². The minimum Gasteiger partial charge on any atom is -0.375 e. The maximum absolute atomic E-state index is 12.3. The predicted octanol–water partition coefficient (Wildman–Crippen LogP) is 1.72. The maximum atomic E-state index is 12.3. The number of hydrogen-bond acceptors (Lipinski definition) is 5. The molecule has 1 N–H and O–H groups in total. The molecule has 8 heteroatoms. The van der Waals surface area contributed by atoms with Gasteiger partial charge in [0.2, 0.25) is 0 Å². The first-order valence-corrected chi connectivity index (χ1v) is 6.17. The van der Waals surface area contributed by atoms with Crippen molar-refractivity contribution in [3.63, 3.8) is 0 Å². The summed E-state index contributed by atoms with van der Waals surface area (Å²) in [6.07, 6.45) is -3.72. The molecule has 18 heavy (non-hydrogen) atoms. The topological polar surface area (TPSA) is 51.2 Å². The molecule has 2 heterocycles. The highest BCUT2D eigenvalue weighted by Crippen LogP contribution is 2.32. The minimum atomic E-state index is -4.49. The molecule has 2 rings (SSSR count). The number of Topliss-reactive ketones (excluding diaryl/α,β-unsaturated/α-hetero) is 1. The molecule has 1 saturated heterocycles. The fraction of sp³-hybridized carbons (Fsp3) is 0.600. The number of carbonyl (C=O) groups is 1. The SMILES string of the molecule is O=C(CC1CNCCO1)c1cnc(C(F)(F)F)s1. The summed E-state index contributed by atoms with van der Waals surface area (Å²) in [5, 5.41) is 2.06. The van der Waals surface area contributed by atoms with Gasteiger partial charge in [0.05, 0.1) is 17.6 Å². The van der Waals surface area contributed by atoms with Crippen molar-refractivity contribution >= 4 is 17.1 Å². The molecular formula is C10H11F3N2O2S. The fourth-order valence-electron chi connectivity index (χ4n) is 1.59. The Morgan fingerprint density at radius 2 is 2.39 bits per heavy atom. The van der Waals surface area contributed by atoms with Crippen LogP contribution in [0.4, 0.5) is 13.2 Å². The Balaban J connectivity index is 1.98. The van der Waals surface area contributed by atoms with Crippen molar-refractivity contribution in [2.75, 3.05) is 19.7 Å². The lowest BCUT2D eigenvalue weighted by molar-refractivity contribution is -0.137. The molecule has 1 aromatic rings. The van der Waals surface area contributed by atoms with E-state index in [9.17, 15) is 18.0 Å². The molecule has 0 saturated carbocycles. The van der Waals surface area contributed by atoms with E-state index in [0.717, 1.165) is 12.7 Å². The Morgan fingerprint density at radius 3 is 2.94 bits per heavy atom. The van der Waals surface area contributed by atoms with Crippen LogP contribution in [0.1, 0.15) is 21.1 Å². The summed E-state index contributed by atoms with van der Waals surface area (Å²) in [5.41, 5.74) is 0. The van der Waals surface area contributed by atoms with Crippen LogP contribution in [0.25, 0.3) is 0 Å². The first-order valence-electron chi connectivity index (χ1n) is 5.35. The van der Waals surface area contributed by atoms with Gasteiger partial charge in [-0.25, -0.2) is 4.98 Å². The van der Waals surface area contributed by atoms with Gasteiger partial charge in [-0.2, -0.15) is 13.2 Å². The Kier molecular flexibility index (Phi) is 3.98. The number of hydrogen-bond donors (Lipinski definition) is 1. The summed E-state index contributed by atoms with van der Waals surface area (Å²) in [5.74, 6) is -0.364. The summed E-state index contributed by atoms with van der Waals surface area (Å²) in [4.78, 5) is 15.0. The van der Waals surface area contributed by atoms with E-state index in [1.54, 1.807) is 0 Å². The van der Waals surface area contributed by atoms with E-state index in [-0.39, 0.29) is 23.2 Å². The second-order valence-corrected chi connectivity index (χ2v) is 4.88. The molecule has 0 amide bonds. The van der Waals surface area contributed by atoms with Crippen molar-refractivity contribution < 1.29 is 22.7 Å². The highest BCUT2D eigenvalue weighted by molar-refractivity contribution is 7.13. The number of morpholine rings is 1. The smallest absolute Gasteiger partial charge is 0.375 e. The van der Waals surface area contributed by atoms with E-state index < -0.39 is 11.2 Å². The Hall–Kier alpha value is -0.990. The molecule has 0 aromatic carbocycles. The van der Waals surface area contributed by atoms with Gasteiger partial charge >= 0.3 is 6.18 Å². The quantitative estimate of drug-likeness (QED) is 0.857. The maximum Gasteiger partial charge on any atom is 0.443 e. The number of nitrogens with zero attached hydrogens (tertiary/aromatic N) is 1. The third-order valence-electron chi connectivity index (χ3n) is 2.44. The monoisotopic (exact) mass is 280 g/mol. The molecule has 1 aliphatic heterocycles. The average Bonchev–Trinajstić information content (AvgIpc) is 2.79. The zero-order valence-electron chi connectivity index (χ0n) is 9.29. The molecule has 1 atom stereocenters. The lowest BCUT2D eigenvalue weighted by atomic mass is 10.1. The number of ketones is 1. The third kappa shape index (κ3) is 3.27. The fourth-order valence-corrected chi connectivity index (χ4v) is 2.32. The van der Waals surface area contributed by atoms with E-state index in [2.05, 4.69) is 10.3 Å². The predicted molar refractivity (Wildman–Crippen MR) is 58.7 cm³/mol. The van der Waals surface area contributed by atoms with Crippen LogP contribution in [0.3, 0.4) is 0 Å². The lowest BCUT2D eigenvalue weighted by Gasteiger charge is -2.22. The molecule has 100 valence electrons. The van der Waals surface area contributed by atoms with E-state index in [1.807, 2.05) is 0 Å². The molecule has 0 bridgehead atoms. The lowest BCUT2D eigenvalue weighted by Crippen LogP contribution is -2.39. The summed E-state index contributed by atoms with van der Waals surface area (Å²) >= 11 is 0.375. The van der Waals surface area contributed by atoms with Crippen LogP contribution in [0.5, 0.6) is 0 Å². The third-order valence-corrected chi connectivity index (χ3v) is 3.52. The molecule has 0 aliphatic carbocycles. The Bertz CT molecular complexity index is 427. The zero-order valence-corrected chi connectivity index (χ0v) is 10.1. The van der Waals surface area contributed by atoms with E-state index in [4.69, 9.17) is 4.74 Å². The van der Waals surface area contributed by atoms with Crippen LogP contribution >= 0.6 is 11.3 Å². The van der Waals surface area contributed by atoms with Crippen molar-refractivity contribution in [1.82, 2.24) is 10.3 Å². The summed E-state index contributed by atoms with van der Waals surface area (Å²) in [6.45, 7) is 1.77. The number of nitrogens with one attached hydrogen (secondary N) is 1. The van der Waals surface area contributed by atoms with Crippen molar-refractivity contribution in [1.29, 1.82) is 0 Å². The molecular weight excluding hydrogens is 269 g/mol. The van der Waals surface area contributed by atoms with Crippen molar-refractivity contribution in [3.8, 4) is 0 Å². The zero-order chi connectivity index (χ0) is 13.2. The molecule has 1 aromatic heterocycles. The highest BCUT2D eigenvalue weighted by atomic mass is 32.1. The second-order valence-electron chi connectivity index (χ2n) is 3.85. The molecule has 1 unspecified atom stereocenters. The van der Waals surface area contributed by atoms with Crippen LogP contribution in [0, 0.1) is 0 Å². The number of ether oxygens (including phenoxy) is 1. The van der Waals surface area contributed by atoms with Gasteiger partial charge in [-0.05, 0) is 0 Å². The van der Waals surface area contributed by atoms with Crippen LogP contribution in [-0.4, -0.2) is 36.6 Å². The van der Waals surface area contributed by atoms with Gasteiger partial charge in [0, 0.05) is 25.7 Å². The second kappa shape index (κ2) is 5.33. The normalized spacial score (nSPS) is 20.9.